The number of hydrogen-bond acceptors (Lipinski definition) is 2. The van der Waals surface area contributed by atoms with Gasteiger partial charge in [0.2, 0.25) is 0 Å². The van der Waals surface area contributed by atoms with Gasteiger partial charge in [-0.15, -0.1) is 11.8 Å². The lowest BCUT2D eigenvalue weighted by Crippen LogP contribution is -1.91. The second kappa shape index (κ2) is 5.80. The van der Waals surface area contributed by atoms with Gasteiger partial charge in [0, 0.05) is 12.0 Å². The first-order chi connectivity index (χ1) is 7.60. The highest BCUT2D eigenvalue weighted by atomic mass is 32.2. The van der Waals surface area contributed by atoms with Crippen molar-refractivity contribution in [2.75, 3.05) is 6.26 Å². The molecule has 0 fully saturated rings. The molecule has 1 aromatic rings. The minimum absolute atomic E-state index is 0.364. The molecule has 2 heteroatoms. The van der Waals surface area contributed by atoms with Gasteiger partial charge in [-0.25, -0.2) is 0 Å². The van der Waals surface area contributed by atoms with Gasteiger partial charge in [0.1, 0.15) is 5.75 Å². The Morgan fingerprint density at radius 1 is 1.50 bits per heavy atom. The Morgan fingerprint density at radius 3 is 2.69 bits per heavy atom. The predicted octanol–water partition coefficient (Wildman–Crippen LogP) is 4.23. The summed E-state index contributed by atoms with van der Waals surface area (Å²) in [6, 6.07) is 5.82. The van der Waals surface area contributed by atoms with Crippen LogP contribution in [0.3, 0.4) is 0 Å². The van der Waals surface area contributed by atoms with Crippen LogP contribution in [-0.4, -0.2) is 11.4 Å². The lowest BCUT2D eigenvalue weighted by molar-refractivity contribution is 0.468. The molecular weight excluding hydrogens is 216 g/mol. The van der Waals surface area contributed by atoms with Crippen molar-refractivity contribution >= 4 is 17.3 Å². The van der Waals surface area contributed by atoms with E-state index in [4.69, 9.17) is 0 Å². The van der Waals surface area contributed by atoms with E-state index in [9.17, 15) is 5.11 Å². The molecule has 1 aromatic carbocycles. The van der Waals surface area contributed by atoms with Crippen LogP contribution >= 0.6 is 11.8 Å². The molecule has 0 saturated carbocycles. The van der Waals surface area contributed by atoms with E-state index >= 15 is 0 Å². The Kier molecular flexibility index (Phi) is 4.69. The molecule has 0 saturated heterocycles. The summed E-state index contributed by atoms with van der Waals surface area (Å²) >= 11 is 1.72. The van der Waals surface area contributed by atoms with Gasteiger partial charge in [-0.2, -0.15) is 0 Å². The maximum atomic E-state index is 10.1. The van der Waals surface area contributed by atoms with Crippen LogP contribution in [-0.2, 0) is 6.42 Å². The highest BCUT2D eigenvalue weighted by molar-refractivity contribution is 8.02. The molecule has 1 rings (SSSR count). The molecule has 0 heterocycles. The fourth-order valence-corrected chi connectivity index (χ4v) is 2.09. The lowest BCUT2D eigenvalue weighted by Gasteiger charge is -2.10. The first-order valence-electron chi connectivity index (χ1n) is 5.26. The lowest BCUT2D eigenvalue weighted by atomic mass is 10.0. The van der Waals surface area contributed by atoms with Crippen molar-refractivity contribution in [3.63, 3.8) is 0 Å². The van der Waals surface area contributed by atoms with Gasteiger partial charge in [-0.3, -0.25) is 0 Å². The van der Waals surface area contributed by atoms with Gasteiger partial charge in [-0.1, -0.05) is 30.9 Å². The van der Waals surface area contributed by atoms with Crippen molar-refractivity contribution in [1.82, 2.24) is 0 Å². The van der Waals surface area contributed by atoms with Crippen LogP contribution in [0.25, 0.3) is 5.57 Å². The summed E-state index contributed by atoms with van der Waals surface area (Å²) in [6.07, 6.45) is 4.91. The average molecular weight is 234 g/mol. The molecule has 0 bridgehead atoms. The summed E-state index contributed by atoms with van der Waals surface area (Å²) < 4.78 is 0. The number of allylic oxidation sites excluding steroid dienone is 3. The highest BCUT2D eigenvalue weighted by Crippen LogP contribution is 2.30. The number of hydrogen-bond donors (Lipinski definition) is 1. The van der Waals surface area contributed by atoms with Crippen molar-refractivity contribution in [3.05, 3.63) is 46.9 Å². The maximum Gasteiger partial charge on any atom is 0.126 e. The van der Waals surface area contributed by atoms with E-state index in [0.29, 0.717) is 5.75 Å². The molecule has 1 N–H and O–H groups in total. The standard InChI is InChI=1S/C14H18OS/c1-5-12(16-4)9-11-7-6-8-13(10(2)3)14(11)15/h5-8,15H,2,9H2,1,3-4H3/b12-5-. The van der Waals surface area contributed by atoms with E-state index < -0.39 is 0 Å². The van der Waals surface area contributed by atoms with Crippen molar-refractivity contribution in [2.24, 2.45) is 0 Å². The van der Waals surface area contributed by atoms with E-state index in [-0.39, 0.29) is 0 Å². The van der Waals surface area contributed by atoms with Crippen LogP contribution in [0.15, 0.2) is 35.8 Å². The quantitative estimate of drug-likeness (QED) is 0.841. The molecule has 0 aliphatic rings. The Morgan fingerprint density at radius 2 is 2.19 bits per heavy atom. The molecule has 0 aromatic heterocycles. The number of aromatic hydroxyl groups is 1. The van der Waals surface area contributed by atoms with Crippen molar-refractivity contribution in [3.8, 4) is 5.75 Å². The molecule has 0 aliphatic heterocycles. The zero-order chi connectivity index (χ0) is 12.1. The third kappa shape index (κ3) is 2.92. The van der Waals surface area contributed by atoms with Crippen LogP contribution in [0, 0.1) is 0 Å². The number of rotatable bonds is 4. The number of phenols is 1. The molecule has 0 amide bonds. The van der Waals surface area contributed by atoms with Gasteiger partial charge < -0.3 is 5.11 Å². The molecule has 1 nitrogen and oxygen atoms in total. The summed E-state index contributed by atoms with van der Waals surface area (Å²) in [5.41, 5.74) is 2.70. The minimum atomic E-state index is 0.364. The Labute approximate surface area is 102 Å². The van der Waals surface area contributed by atoms with Crippen LogP contribution in [0.5, 0.6) is 5.75 Å². The molecule has 0 atom stereocenters. The topological polar surface area (TPSA) is 20.2 Å². The van der Waals surface area contributed by atoms with E-state index in [0.717, 1.165) is 23.1 Å². The first kappa shape index (κ1) is 12.9. The Bertz CT molecular complexity index is 419. The number of thioether (sulfide) groups is 1. The molecule has 16 heavy (non-hydrogen) atoms. The van der Waals surface area contributed by atoms with Crippen LogP contribution in [0.2, 0.25) is 0 Å². The van der Waals surface area contributed by atoms with Crippen LogP contribution < -0.4 is 0 Å². The second-order valence-electron chi connectivity index (χ2n) is 3.73. The predicted molar refractivity (Wildman–Crippen MR) is 73.8 cm³/mol. The van der Waals surface area contributed by atoms with Crippen LogP contribution in [0.1, 0.15) is 25.0 Å². The van der Waals surface area contributed by atoms with E-state index in [1.165, 1.54) is 4.91 Å². The molecule has 0 spiro atoms. The molecule has 0 unspecified atom stereocenters. The summed E-state index contributed by atoms with van der Waals surface area (Å²) in [7, 11) is 0. The fourth-order valence-electron chi connectivity index (χ4n) is 1.56. The zero-order valence-corrected chi connectivity index (χ0v) is 10.9. The van der Waals surface area contributed by atoms with Gasteiger partial charge in [0.15, 0.2) is 0 Å². The Balaban J connectivity index is 3.06. The maximum absolute atomic E-state index is 10.1. The smallest absolute Gasteiger partial charge is 0.126 e. The van der Waals surface area contributed by atoms with E-state index in [1.807, 2.05) is 32.0 Å². The van der Waals surface area contributed by atoms with Gasteiger partial charge >= 0.3 is 0 Å². The fraction of sp³-hybridized carbons (Fsp3) is 0.286. The molecule has 86 valence electrons. The van der Waals surface area contributed by atoms with Gasteiger partial charge in [-0.05, 0) is 36.1 Å². The van der Waals surface area contributed by atoms with Gasteiger partial charge in [0.25, 0.3) is 0 Å². The second-order valence-corrected chi connectivity index (χ2v) is 4.66. The summed E-state index contributed by atoms with van der Waals surface area (Å²) in [4.78, 5) is 1.26. The number of phenolic OH excluding ortho intramolecular Hbond substituents is 1. The van der Waals surface area contributed by atoms with Crippen molar-refractivity contribution in [2.45, 2.75) is 20.3 Å². The first-order valence-corrected chi connectivity index (χ1v) is 6.48. The van der Waals surface area contributed by atoms with E-state index in [2.05, 4.69) is 18.9 Å². The third-order valence-electron chi connectivity index (χ3n) is 2.53. The Hall–Kier alpha value is -1.15. The summed E-state index contributed by atoms with van der Waals surface area (Å²) in [5, 5.41) is 10.1. The largest absolute Gasteiger partial charge is 0.507 e. The molecule has 0 aliphatic carbocycles. The highest BCUT2D eigenvalue weighted by Gasteiger charge is 2.08. The third-order valence-corrected chi connectivity index (χ3v) is 3.43. The summed E-state index contributed by atoms with van der Waals surface area (Å²) in [6.45, 7) is 7.79. The van der Waals surface area contributed by atoms with Crippen molar-refractivity contribution < 1.29 is 5.11 Å². The van der Waals surface area contributed by atoms with E-state index in [1.54, 1.807) is 11.8 Å². The summed E-state index contributed by atoms with van der Waals surface area (Å²) in [5.74, 6) is 0.364. The monoisotopic (exact) mass is 234 g/mol. The number of benzene rings is 1. The van der Waals surface area contributed by atoms with Crippen LogP contribution in [0.4, 0.5) is 0 Å². The van der Waals surface area contributed by atoms with Crippen molar-refractivity contribution in [1.29, 1.82) is 0 Å². The molecular formula is C14H18OS. The zero-order valence-electron chi connectivity index (χ0n) is 10.1. The molecule has 0 radical (unpaired) electrons. The number of para-hydroxylation sites is 1. The normalized spacial score (nSPS) is 11.6. The minimum Gasteiger partial charge on any atom is -0.507 e. The SMILES string of the molecule is C=C(C)c1cccc(C/C(=C/C)SC)c1O. The average Bonchev–Trinajstić information content (AvgIpc) is 2.27. The van der Waals surface area contributed by atoms with Gasteiger partial charge in [0.05, 0.1) is 0 Å².